The number of benzene rings is 1. The van der Waals surface area contributed by atoms with Crippen molar-refractivity contribution in [3.8, 4) is 0 Å². The summed E-state index contributed by atoms with van der Waals surface area (Å²) >= 11 is 0. The summed E-state index contributed by atoms with van der Waals surface area (Å²) in [6, 6.07) is -0.232. The van der Waals surface area contributed by atoms with Gasteiger partial charge in [-0.15, -0.1) is 0 Å². The van der Waals surface area contributed by atoms with Crippen LogP contribution >= 0.6 is 0 Å². The summed E-state index contributed by atoms with van der Waals surface area (Å²) in [5, 5.41) is 5.37. The molecule has 29 heavy (non-hydrogen) atoms. The molecule has 4 aliphatic rings. The molecule has 2 bridgehead atoms. The van der Waals surface area contributed by atoms with Crippen LogP contribution in [0.3, 0.4) is 0 Å². The predicted octanol–water partition coefficient (Wildman–Crippen LogP) is 0.307. The van der Waals surface area contributed by atoms with Gasteiger partial charge in [-0.05, 0) is 19.3 Å². The maximum atomic E-state index is 14.6. The van der Waals surface area contributed by atoms with E-state index in [0.717, 1.165) is 18.9 Å². The molecule has 3 unspecified atom stereocenters. The highest BCUT2D eigenvalue weighted by atomic mass is 19.2. The first-order chi connectivity index (χ1) is 13.9. The number of nitrogens with one attached hydrogen (secondary N) is 2. The number of fused-ring (bicyclic) bond motifs is 3. The molecule has 8 nitrogen and oxygen atoms in total. The van der Waals surface area contributed by atoms with Crippen molar-refractivity contribution >= 4 is 29.3 Å². The monoisotopic (exact) mass is 404 g/mol. The molecule has 4 heterocycles. The van der Waals surface area contributed by atoms with Gasteiger partial charge in [-0.2, -0.15) is 0 Å². The highest BCUT2D eigenvalue weighted by Crippen LogP contribution is 2.41. The van der Waals surface area contributed by atoms with Gasteiger partial charge in [0.1, 0.15) is 6.04 Å². The number of piperidine rings is 1. The lowest BCUT2D eigenvalue weighted by Crippen LogP contribution is -2.54. The Morgan fingerprint density at radius 2 is 1.59 bits per heavy atom. The largest absolute Gasteiger partial charge is 0.362 e. The second-order valence-electron chi connectivity index (χ2n) is 7.84. The Hall–Kier alpha value is -2.88. The van der Waals surface area contributed by atoms with Crippen molar-refractivity contribution in [1.82, 2.24) is 15.5 Å². The number of carbonyl (C=O) groups is 4. The lowest BCUT2D eigenvalue weighted by Gasteiger charge is -2.38. The normalized spacial score (nSPS) is 28.8. The Balaban J connectivity index is 1.61. The van der Waals surface area contributed by atoms with E-state index in [0.29, 0.717) is 18.0 Å². The van der Waals surface area contributed by atoms with Gasteiger partial charge in [-0.25, -0.2) is 8.78 Å². The van der Waals surface area contributed by atoms with E-state index in [1.54, 1.807) is 0 Å². The Morgan fingerprint density at radius 1 is 0.931 bits per heavy atom. The number of amides is 4. The van der Waals surface area contributed by atoms with E-state index in [-0.39, 0.29) is 36.2 Å². The fourth-order valence-corrected chi connectivity index (χ4v) is 4.95. The van der Waals surface area contributed by atoms with Gasteiger partial charge in [0.05, 0.1) is 16.8 Å². The van der Waals surface area contributed by atoms with Crippen molar-refractivity contribution in [2.75, 3.05) is 18.0 Å². The van der Waals surface area contributed by atoms with Gasteiger partial charge in [0, 0.05) is 37.7 Å². The predicted molar refractivity (Wildman–Crippen MR) is 95.2 cm³/mol. The number of carbonyl (C=O) groups excluding carboxylic acids is 4. The van der Waals surface area contributed by atoms with E-state index in [4.69, 9.17) is 0 Å². The first-order valence-electron chi connectivity index (χ1n) is 9.61. The molecular formula is C19H18F2N4O4. The number of nitrogens with zero attached hydrogens (tertiary/aromatic N) is 2. The lowest BCUT2D eigenvalue weighted by atomic mass is 10.0. The van der Waals surface area contributed by atoms with E-state index in [1.165, 1.54) is 0 Å². The average molecular weight is 404 g/mol. The Bertz CT molecular complexity index is 965. The summed E-state index contributed by atoms with van der Waals surface area (Å²) in [5.41, 5.74) is -0.633. The van der Waals surface area contributed by atoms with Crippen LogP contribution in [0.25, 0.3) is 0 Å². The van der Waals surface area contributed by atoms with Gasteiger partial charge in [0.15, 0.2) is 11.6 Å². The highest BCUT2D eigenvalue weighted by molar-refractivity contribution is 6.25. The van der Waals surface area contributed by atoms with E-state index in [1.807, 2.05) is 4.90 Å². The molecule has 3 fully saturated rings. The molecule has 2 N–H and O–H groups in total. The summed E-state index contributed by atoms with van der Waals surface area (Å²) in [5.74, 6) is -5.76. The zero-order valence-electron chi connectivity index (χ0n) is 15.3. The Labute approximate surface area is 164 Å². The van der Waals surface area contributed by atoms with Gasteiger partial charge in [0.25, 0.3) is 11.8 Å². The topological polar surface area (TPSA) is 98.8 Å². The molecule has 0 saturated carbocycles. The maximum absolute atomic E-state index is 14.6. The molecule has 0 radical (unpaired) electrons. The van der Waals surface area contributed by atoms with Gasteiger partial charge >= 0.3 is 0 Å². The lowest BCUT2D eigenvalue weighted by molar-refractivity contribution is -0.136. The number of hydrogen-bond acceptors (Lipinski definition) is 6. The van der Waals surface area contributed by atoms with Crippen LogP contribution in [-0.4, -0.2) is 59.7 Å². The van der Waals surface area contributed by atoms with Crippen molar-refractivity contribution in [2.45, 2.75) is 43.8 Å². The van der Waals surface area contributed by atoms with E-state index in [9.17, 15) is 28.0 Å². The Kier molecular flexibility index (Phi) is 3.95. The summed E-state index contributed by atoms with van der Waals surface area (Å²) in [4.78, 5) is 52.3. The molecule has 1 aromatic carbocycles. The third kappa shape index (κ3) is 2.51. The third-order valence-electron chi connectivity index (χ3n) is 6.24. The molecule has 0 spiro atoms. The minimum Gasteiger partial charge on any atom is -0.362 e. The van der Waals surface area contributed by atoms with E-state index >= 15 is 0 Å². The smallest absolute Gasteiger partial charge is 0.265 e. The second kappa shape index (κ2) is 6.31. The third-order valence-corrected chi connectivity index (χ3v) is 6.24. The molecular weight excluding hydrogens is 386 g/mol. The van der Waals surface area contributed by atoms with Crippen LogP contribution in [0.1, 0.15) is 46.4 Å². The van der Waals surface area contributed by atoms with Gasteiger partial charge in [-0.3, -0.25) is 29.4 Å². The second-order valence-corrected chi connectivity index (χ2v) is 7.84. The van der Waals surface area contributed by atoms with Crippen molar-refractivity contribution < 1.29 is 28.0 Å². The van der Waals surface area contributed by atoms with Crippen LogP contribution < -0.4 is 15.5 Å². The fourth-order valence-electron chi connectivity index (χ4n) is 4.95. The quantitative estimate of drug-likeness (QED) is 0.689. The molecule has 0 aromatic heterocycles. The fraction of sp³-hybridized carbons (Fsp3) is 0.474. The summed E-state index contributed by atoms with van der Waals surface area (Å²) < 4.78 is 29.1. The minimum absolute atomic E-state index is 0.00950. The number of anilines is 1. The van der Waals surface area contributed by atoms with Crippen molar-refractivity contribution in [1.29, 1.82) is 0 Å². The SMILES string of the molecule is O=C1CCC(N2C(=O)c3c(N4C5CCC4CNC5)cc(F)c(F)c3C2=O)C(=O)N1. The molecule has 3 atom stereocenters. The maximum Gasteiger partial charge on any atom is 0.265 e. The van der Waals surface area contributed by atoms with Crippen LogP contribution in [0, 0.1) is 11.6 Å². The zero-order valence-corrected chi connectivity index (χ0v) is 15.3. The van der Waals surface area contributed by atoms with Crippen LogP contribution in [0.15, 0.2) is 6.07 Å². The molecule has 3 saturated heterocycles. The van der Waals surface area contributed by atoms with Crippen molar-refractivity contribution in [3.05, 3.63) is 28.8 Å². The van der Waals surface area contributed by atoms with Crippen LogP contribution in [-0.2, 0) is 9.59 Å². The van der Waals surface area contributed by atoms with Crippen LogP contribution in [0.4, 0.5) is 14.5 Å². The molecule has 0 aliphatic carbocycles. The number of piperazine rings is 1. The van der Waals surface area contributed by atoms with Gasteiger partial charge in [-0.1, -0.05) is 0 Å². The standard InChI is InChI=1S/C19H18F2N4O4/c20-10-5-12(24-8-1-2-9(24)7-22-6-8)14-15(16(10)21)19(29)25(18(14)28)11-3-4-13(26)23-17(11)27/h5,8-9,11,22H,1-4,6-7H2,(H,23,26,27). The van der Waals surface area contributed by atoms with Gasteiger partial charge < -0.3 is 10.2 Å². The molecule has 1 aromatic rings. The molecule has 10 heteroatoms. The molecule has 4 amide bonds. The average Bonchev–Trinajstić information content (AvgIpc) is 3.08. The first kappa shape index (κ1) is 18.2. The van der Waals surface area contributed by atoms with Crippen LogP contribution in [0.2, 0.25) is 0 Å². The summed E-state index contributed by atoms with van der Waals surface area (Å²) in [7, 11) is 0. The first-order valence-corrected chi connectivity index (χ1v) is 9.61. The molecule has 4 aliphatic heterocycles. The number of imide groups is 2. The highest BCUT2D eigenvalue weighted by Gasteiger charge is 2.50. The molecule has 152 valence electrons. The van der Waals surface area contributed by atoms with E-state index < -0.39 is 46.9 Å². The number of rotatable bonds is 2. The molecule has 5 rings (SSSR count). The van der Waals surface area contributed by atoms with Gasteiger partial charge in [0.2, 0.25) is 11.8 Å². The van der Waals surface area contributed by atoms with Crippen molar-refractivity contribution in [3.63, 3.8) is 0 Å². The minimum atomic E-state index is -1.39. The summed E-state index contributed by atoms with van der Waals surface area (Å²) in [6.45, 7) is 1.28. The van der Waals surface area contributed by atoms with Crippen molar-refractivity contribution in [2.24, 2.45) is 0 Å². The number of hydrogen-bond donors (Lipinski definition) is 2. The number of halogens is 2. The van der Waals surface area contributed by atoms with E-state index in [2.05, 4.69) is 10.6 Å². The zero-order chi connectivity index (χ0) is 20.4. The Morgan fingerprint density at radius 3 is 2.24 bits per heavy atom. The summed E-state index contributed by atoms with van der Waals surface area (Å²) in [6.07, 6.45) is 1.58. The van der Waals surface area contributed by atoms with Crippen LogP contribution in [0.5, 0.6) is 0 Å².